The van der Waals surface area contributed by atoms with Crippen LogP contribution in [0.15, 0.2) is 24.3 Å². The van der Waals surface area contributed by atoms with E-state index in [0.29, 0.717) is 29.8 Å². The van der Waals surface area contributed by atoms with Gasteiger partial charge in [0, 0.05) is 6.42 Å². The Hall–Kier alpha value is -1.96. The summed E-state index contributed by atoms with van der Waals surface area (Å²) in [6, 6.07) is 9.05. The Morgan fingerprint density at radius 2 is 0.914 bits per heavy atom. The van der Waals surface area contributed by atoms with E-state index in [-0.39, 0.29) is 10.8 Å². The van der Waals surface area contributed by atoms with Gasteiger partial charge in [-0.05, 0) is 81.7 Å². The fourth-order valence-corrected chi connectivity index (χ4v) is 6.40. The van der Waals surface area contributed by atoms with E-state index in [1.165, 1.54) is 75.3 Å². The minimum atomic E-state index is -0.133. The maximum absolute atomic E-state index is 11.5. The molecule has 2 nitrogen and oxygen atoms in total. The zero-order valence-corrected chi connectivity index (χ0v) is 23.1. The first kappa shape index (κ1) is 26.1. The lowest BCUT2D eigenvalue weighted by Crippen LogP contribution is -2.16. The Labute approximate surface area is 214 Å². The highest BCUT2D eigenvalue weighted by molar-refractivity contribution is 5.54. The zero-order chi connectivity index (χ0) is 25.4. The average Bonchev–Trinajstić information content (AvgIpc) is 2.81. The van der Waals surface area contributed by atoms with Crippen molar-refractivity contribution in [3.63, 3.8) is 0 Å². The molecule has 0 unspecified atom stereocenters. The van der Waals surface area contributed by atoms with Crippen molar-refractivity contribution in [2.75, 3.05) is 0 Å². The Bertz CT molecular complexity index is 939. The Kier molecular flexibility index (Phi) is 7.60. The van der Waals surface area contributed by atoms with Gasteiger partial charge in [-0.1, -0.05) is 104 Å². The van der Waals surface area contributed by atoms with Gasteiger partial charge in [-0.2, -0.15) is 0 Å². The van der Waals surface area contributed by atoms with Crippen molar-refractivity contribution in [3.8, 4) is 11.5 Å². The van der Waals surface area contributed by atoms with Crippen LogP contribution in [0.4, 0.5) is 0 Å². The molecule has 192 valence electrons. The normalized spacial score (nSPS) is 18.7. The molecule has 2 aliphatic rings. The summed E-state index contributed by atoms with van der Waals surface area (Å²) in [4.78, 5) is 0. The SMILES string of the molecule is CC(C)(C)c1cc(C2CCCCC2)cc(Cc2cc(C3CCCCC3)cc(C(C)(C)C)c2O)c1O. The van der Waals surface area contributed by atoms with E-state index in [4.69, 9.17) is 0 Å². The third-order valence-electron chi connectivity index (χ3n) is 8.57. The van der Waals surface area contributed by atoms with Crippen molar-refractivity contribution in [3.05, 3.63) is 57.6 Å². The topological polar surface area (TPSA) is 40.5 Å². The molecule has 0 aromatic heterocycles. The van der Waals surface area contributed by atoms with Crippen LogP contribution in [0, 0.1) is 0 Å². The first-order valence-corrected chi connectivity index (χ1v) is 14.2. The van der Waals surface area contributed by atoms with Crippen LogP contribution in [-0.4, -0.2) is 10.2 Å². The quantitative estimate of drug-likeness (QED) is 0.461. The first-order chi connectivity index (χ1) is 16.4. The molecule has 2 aromatic rings. The van der Waals surface area contributed by atoms with Gasteiger partial charge >= 0.3 is 0 Å². The largest absolute Gasteiger partial charge is 0.507 e. The van der Waals surface area contributed by atoms with Crippen molar-refractivity contribution in [2.24, 2.45) is 0 Å². The number of phenolic OH excluding ortho intramolecular Hbond substituents is 2. The first-order valence-electron chi connectivity index (χ1n) is 14.2. The maximum atomic E-state index is 11.5. The van der Waals surface area contributed by atoms with Crippen molar-refractivity contribution in [1.82, 2.24) is 0 Å². The summed E-state index contributed by atoms with van der Waals surface area (Å²) in [5, 5.41) is 22.9. The summed E-state index contributed by atoms with van der Waals surface area (Å²) in [7, 11) is 0. The summed E-state index contributed by atoms with van der Waals surface area (Å²) in [6.45, 7) is 13.1. The number of benzene rings is 2. The van der Waals surface area contributed by atoms with Gasteiger partial charge in [0.25, 0.3) is 0 Å². The van der Waals surface area contributed by atoms with Gasteiger partial charge in [-0.15, -0.1) is 0 Å². The van der Waals surface area contributed by atoms with E-state index in [9.17, 15) is 10.2 Å². The second kappa shape index (κ2) is 10.2. The Morgan fingerprint density at radius 1 is 0.571 bits per heavy atom. The maximum Gasteiger partial charge on any atom is 0.122 e. The summed E-state index contributed by atoms with van der Waals surface area (Å²) in [6.07, 6.45) is 13.4. The van der Waals surface area contributed by atoms with Gasteiger partial charge in [0.15, 0.2) is 0 Å². The molecular formula is C33H48O2. The molecule has 0 radical (unpaired) electrons. The molecule has 2 aliphatic carbocycles. The molecule has 0 aliphatic heterocycles. The predicted molar refractivity (Wildman–Crippen MR) is 148 cm³/mol. The Morgan fingerprint density at radius 3 is 1.23 bits per heavy atom. The van der Waals surface area contributed by atoms with Crippen molar-refractivity contribution < 1.29 is 10.2 Å². The van der Waals surface area contributed by atoms with Crippen LogP contribution in [0.1, 0.15) is 151 Å². The van der Waals surface area contributed by atoms with Crippen LogP contribution >= 0.6 is 0 Å². The van der Waals surface area contributed by atoms with Crippen molar-refractivity contribution in [2.45, 2.75) is 135 Å². The zero-order valence-electron chi connectivity index (χ0n) is 23.1. The Balaban J connectivity index is 1.80. The van der Waals surface area contributed by atoms with Crippen molar-refractivity contribution in [1.29, 1.82) is 0 Å². The molecule has 2 aromatic carbocycles. The number of hydrogen-bond acceptors (Lipinski definition) is 2. The summed E-state index contributed by atoms with van der Waals surface area (Å²) >= 11 is 0. The molecule has 2 fully saturated rings. The molecule has 0 heterocycles. The molecule has 0 spiro atoms. The van der Waals surface area contributed by atoms with Crippen LogP contribution in [0.25, 0.3) is 0 Å². The third-order valence-corrected chi connectivity index (χ3v) is 8.57. The monoisotopic (exact) mass is 476 g/mol. The van der Waals surface area contributed by atoms with Crippen LogP contribution in [0.5, 0.6) is 11.5 Å². The smallest absolute Gasteiger partial charge is 0.122 e. The molecule has 0 bridgehead atoms. The van der Waals surface area contributed by atoms with Crippen LogP contribution in [0.3, 0.4) is 0 Å². The molecule has 2 saturated carbocycles. The second-order valence-electron chi connectivity index (χ2n) is 13.5. The standard InChI is InChI=1S/C33H48O2/c1-32(2,3)28-20-24(22-13-9-7-10-14-22)17-26(30(28)34)19-27-18-25(23-15-11-8-12-16-23)21-29(31(27)35)33(4,5)6/h17-18,20-23,34-35H,7-16,19H2,1-6H3. The highest BCUT2D eigenvalue weighted by atomic mass is 16.3. The average molecular weight is 477 g/mol. The molecule has 2 N–H and O–H groups in total. The van der Waals surface area contributed by atoms with Crippen LogP contribution < -0.4 is 0 Å². The number of phenols is 2. The van der Waals surface area contributed by atoms with Gasteiger partial charge in [-0.3, -0.25) is 0 Å². The van der Waals surface area contributed by atoms with Gasteiger partial charge in [0.2, 0.25) is 0 Å². The van der Waals surface area contributed by atoms with E-state index in [0.717, 1.165) is 22.3 Å². The molecule has 0 amide bonds. The number of aromatic hydroxyl groups is 2. The lowest BCUT2D eigenvalue weighted by Gasteiger charge is -2.29. The lowest BCUT2D eigenvalue weighted by atomic mass is 9.77. The molecule has 2 heteroatoms. The molecule has 0 saturated heterocycles. The number of rotatable bonds is 4. The molecule has 4 rings (SSSR count). The second-order valence-corrected chi connectivity index (χ2v) is 13.5. The summed E-state index contributed by atoms with van der Waals surface area (Å²) in [5.41, 5.74) is 6.49. The van der Waals surface area contributed by atoms with Crippen LogP contribution in [-0.2, 0) is 17.3 Å². The van der Waals surface area contributed by atoms with E-state index in [2.05, 4.69) is 65.8 Å². The van der Waals surface area contributed by atoms with E-state index in [1.807, 2.05) is 0 Å². The van der Waals surface area contributed by atoms with E-state index < -0.39 is 0 Å². The highest BCUT2D eigenvalue weighted by Gasteiger charge is 2.28. The van der Waals surface area contributed by atoms with Gasteiger partial charge in [-0.25, -0.2) is 0 Å². The fourth-order valence-electron chi connectivity index (χ4n) is 6.40. The summed E-state index contributed by atoms with van der Waals surface area (Å²) < 4.78 is 0. The van der Waals surface area contributed by atoms with Gasteiger partial charge in [0.05, 0.1) is 0 Å². The number of hydrogen-bond donors (Lipinski definition) is 2. The fraction of sp³-hybridized carbons (Fsp3) is 0.636. The molecule has 0 atom stereocenters. The molecule has 35 heavy (non-hydrogen) atoms. The summed E-state index contributed by atoms with van der Waals surface area (Å²) in [5.74, 6) is 1.99. The lowest BCUT2D eigenvalue weighted by molar-refractivity contribution is 0.425. The predicted octanol–water partition coefficient (Wildman–Crippen LogP) is 9.38. The molecular weight excluding hydrogens is 428 g/mol. The van der Waals surface area contributed by atoms with E-state index in [1.54, 1.807) is 0 Å². The highest BCUT2D eigenvalue weighted by Crippen LogP contribution is 2.44. The van der Waals surface area contributed by atoms with Gasteiger partial charge in [0.1, 0.15) is 11.5 Å². The minimum Gasteiger partial charge on any atom is -0.507 e. The third kappa shape index (κ3) is 5.89. The van der Waals surface area contributed by atoms with Crippen molar-refractivity contribution >= 4 is 0 Å². The van der Waals surface area contributed by atoms with Gasteiger partial charge < -0.3 is 10.2 Å². The minimum absolute atomic E-state index is 0.133. The van der Waals surface area contributed by atoms with Crippen LogP contribution in [0.2, 0.25) is 0 Å². The van der Waals surface area contributed by atoms with E-state index >= 15 is 0 Å².